The van der Waals surface area contributed by atoms with Crippen molar-refractivity contribution < 1.29 is 19.2 Å². The molecule has 0 unspecified atom stereocenters. The van der Waals surface area contributed by atoms with Gasteiger partial charge in [0.1, 0.15) is 0 Å². The highest BCUT2D eigenvalue weighted by Crippen LogP contribution is 2.14. The van der Waals surface area contributed by atoms with E-state index in [-0.39, 0.29) is 23.9 Å². The van der Waals surface area contributed by atoms with E-state index in [1.165, 1.54) is 24.3 Å². The predicted octanol–water partition coefficient (Wildman–Crippen LogP) is 3.70. The number of Topliss-reactive ketones (excluding diaryl/α,β-unsaturated/α-hetero) is 1. The van der Waals surface area contributed by atoms with Crippen LogP contribution in [0.3, 0.4) is 0 Å². The summed E-state index contributed by atoms with van der Waals surface area (Å²) in [6.07, 6.45) is 0. The summed E-state index contributed by atoms with van der Waals surface area (Å²) in [4.78, 5) is 34.3. The maximum atomic E-state index is 12.2. The average molecular weight is 356 g/mol. The first-order valence-corrected chi connectivity index (χ1v) is 8.15. The third-order valence-electron chi connectivity index (χ3n) is 3.50. The van der Waals surface area contributed by atoms with Crippen LogP contribution < -0.4 is 5.32 Å². The lowest BCUT2D eigenvalue weighted by molar-refractivity contribution is -0.384. The van der Waals surface area contributed by atoms with Crippen molar-refractivity contribution in [3.63, 3.8) is 0 Å². The lowest BCUT2D eigenvalue weighted by atomic mass is 10.1. The zero-order chi connectivity index (χ0) is 19.1. The summed E-state index contributed by atoms with van der Waals surface area (Å²) < 4.78 is 5.18. The number of nitrogens with zero attached hydrogens (tertiary/aromatic N) is 1. The molecule has 1 N–H and O–H groups in total. The number of non-ortho nitro benzene ring substituents is 1. The number of esters is 1. The maximum Gasteiger partial charge on any atom is 0.338 e. The van der Waals surface area contributed by atoms with E-state index in [1.54, 1.807) is 24.3 Å². The Kier molecular flexibility index (Phi) is 6.43. The minimum atomic E-state index is -0.517. The molecule has 2 aromatic carbocycles. The second kappa shape index (κ2) is 8.75. The van der Waals surface area contributed by atoms with Crippen LogP contribution in [-0.2, 0) is 4.74 Å². The first kappa shape index (κ1) is 19.1. The van der Waals surface area contributed by atoms with E-state index in [0.29, 0.717) is 23.4 Å². The van der Waals surface area contributed by atoms with Gasteiger partial charge in [0.2, 0.25) is 0 Å². The lowest BCUT2D eigenvalue weighted by Gasteiger charge is -2.09. The second-order valence-corrected chi connectivity index (χ2v) is 6.15. The highest BCUT2D eigenvalue weighted by atomic mass is 16.6. The SMILES string of the molecule is CC(C)COC(=O)c1cccc(NCC(=O)c2ccc([N+](=O)[O-])cc2)c1. The van der Waals surface area contributed by atoms with Gasteiger partial charge in [0.15, 0.2) is 5.78 Å². The molecule has 0 saturated carbocycles. The highest BCUT2D eigenvalue weighted by Gasteiger charge is 2.11. The number of carbonyl (C=O) groups is 2. The smallest absolute Gasteiger partial charge is 0.338 e. The van der Waals surface area contributed by atoms with E-state index in [1.807, 2.05) is 13.8 Å². The van der Waals surface area contributed by atoms with Gasteiger partial charge in [-0.3, -0.25) is 14.9 Å². The summed E-state index contributed by atoms with van der Waals surface area (Å²) in [5, 5.41) is 13.6. The zero-order valence-electron chi connectivity index (χ0n) is 14.6. The zero-order valence-corrected chi connectivity index (χ0v) is 14.6. The highest BCUT2D eigenvalue weighted by molar-refractivity contribution is 5.99. The van der Waals surface area contributed by atoms with E-state index in [9.17, 15) is 19.7 Å². The third kappa shape index (κ3) is 5.41. The number of nitro groups is 1. The Morgan fingerprint density at radius 3 is 2.42 bits per heavy atom. The number of rotatable bonds is 8. The van der Waals surface area contributed by atoms with Gasteiger partial charge in [-0.25, -0.2) is 4.79 Å². The Hall–Kier alpha value is -3.22. The monoisotopic (exact) mass is 356 g/mol. The van der Waals surface area contributed by atoms with Gasteiger partial charge in [-0.2, -0.15) is 0 Å². The first-order valence-electron chi connectivity index (χ1n) is 8.15. The molecule has 7 nitrogen and oxygen atoms in total. The number of carbonyl (C=O) groups excluding carboxylic acids is 2. The summed E-state index contributed by atoms with van der Waals surface area (Å²) in [6, 6.07) is 12.1. The Bertz CT molecular complexity index is 800. The molecule has 0 aromatic heterocycles. The van der Waals surface area contributed by atoms with Crippen molar-refractivity contribution in [1.82, 2.24) is 0 Å². The summed E-state index contributed by atoms with van der Waals surface area (Å²) in [5.74, 6) is -0.378. The van der Waals surface area contributed by atoms with Crippen molar-refractivity contribution in [2.45, 2.75) is 13.8 Å². The molecule has 2 aromatic rings. The number of nitrogens with one attached hydrogen (secondary N) is 1. The molecule has 0 aliphatic carbocycles. The van der Waals surface area contributed by atoms with Crippen molar-refractivity contribution in [2.75, 3.05) is 18.5 Å². The average Bonchev–Trinajstić information content (AvgIpc) is 2.64. The van der Waals surface area contributed by atoms with Crippen LogP contribution in [0.25, 0.3) is 0 Å². The quantitative estimate of drug-likeness (QED) is 0.335. The summed E-state index contributed by atoms with van der Waals surface area (Å²) >= 11 is 0. The van der Waals surface area contributed by atoms with Gasteiger partial charge in [-0.05, 0) is 36.2 Å². The number of anilines is 1. The standard InChI is InChI=1S/C19H20N2O5/c1-13(2)12-26-19(23)15-4-3-5-16(10-15)20-11-18(22)14-6-8-17(9-7-14)21(24)25/h3-10,13,20H,11-12H2,1-2H3. The minimum Gasteiger partial charge on any atom is -0.462 e. The van der Waals surface area contributed by atoms with Gasteiger partial charge in [0.25, 0.3) is 5.69 Å². The minimum absolute atomic E-state index is 0.00229. The molecule has 26 heavy (non-hydrogen) atoms. The van der Waals surface area contributed by atoms with Crippen LogP contribution in [0, 0.1) is 16.0 Å². The second-order valence-electron chi connectivity index (χ2n) is 6.15. The first-order chi connectivity index (χ1) is 12.4. The van der Waals surface area contributed by atoms with E-state index in [0.717, 1.165) is 0 Å². The number of benzene rings is 2. The number of hydrogen-bond donors (Lipinski definition) is 1. The number of nitro benzene ring substituents is 1. The van der Waals surface area contributed by atoms with Crippen LogP contribution in [0.5, 0.6) is 0 Å². The topological polar surface area (TPSA) is 98.5 Å². The number of ketones is 1. The van der Waals surface area contributed by atoms with Crippen LogP contribution in [0.15, 0.2) is 48.5 Å². The Balaban J connectivity index is 1.96. The molecule has 0 aliphatic heterocycles. The molecular formula is C19H20N2O5. The van der Waals surface area contributed by atoms with Crippen molar-refractivity contribution >= 4 is 23.1 Å². The van der Waals surface area contributed by atoms with E-state index >= 15 is 0 Å². The number of ether oxygens (including phenoxy) is 1. The molecule has 0 radical (unpaired) electrons. The van der Waals surface area contributed by atoms with Crippen LogP contribution >= 0.6 is 0 Å². The fourth-order valence-electron chi connectivity index (χ4n) is 2.14. The van der Waals surface area contributed by atoms with Crippen molar-refractivity contribution in [2.24, 2.45) is 5.92 Å². The molecule has 2 rings (SSSR count). The molecule has 136 valence electrons. The van der Waals surface area contributed by atoms with Gasteiger partial charge < -0.3 is 10.1 Å². The maximum absolute atomic E-state index is 12.2. The van der Waals surface area contributed by atoms with Crippen LogP contribution in [0.2, 0.25) is 0 Å². The summed E-state index contributed by atoms with van der Waals surface area (Å²) in [5.41, 5.74) is 1.32. The lowest BCUT2D eigenvalue weighted by Crippen LogP contribution is -2.15. The third-order valence-corrected chi connectivity index (χ3v) is 3.50. The van der Waals surface area contributed by atoms with Crippen LogP contribution in [0.1, 0.15) is 34.6 Å². The van der Waals surface area contributed by atoms with Gasteiger partial charge in [-0.15, -0.1) is 0 Å². The van der Waals surface area contributed by atoms with Gasteiger partial charge in [-0.1, -0.05) is 19.9 Å². The van der Waals surface area contributed by atoms with Crippen molar-refractivity contribution in [1.29, 1.82) is 0 Å². The molecular weight excluding hydrogens is 336 g/mol. The Morgan fingerprint density at radius 2 is 1.81 bits per heavy atom. The van der Waals surface area contributed by atoms with E-state index < -0.39 is 10.9 Å². The fraction of sp³-hybridized carbons (Fsp3) is 0.263. The molecule has 0 aliphatic rings. The number of hydrogen-bond acceptors (Lipinski definition) is 6. The molecule has 0 saturated heterocycles. The summed E-state index contributed by atoms with van der Waals surface area (Å²) in [6.45, 7) is 4.25. The molecule has 0 fully saturated rings. The summed E-state index contributed by atoms with van der Waals surface area (Å²) in [7, 11) is 0. The molecule has 0 amide bonds. The van der Waals surface area contributed by atoms with Crippen molar-refractivity contribution in [3.8, 4) is 0 Å². The van der Waals surface area contributed by atoms with Crippen molar-refractivity contribution in [3.05, 3.63) is 69.8 Å². The largest absolute Gasteiger partial charge is 0.462 e. The fourth-order valence-corrected chi connectivity index (χ4v) is 2.14. The Morgan fingerprint density at radius 1 is 1.12 bits per heavy atom. The van der Waals surface area contributed by atoms with Crippen LogP contribution in [-0.4, -0.2) is 29.8 Å². The molecule has 0 atom stereocenters. The molecule has 0 bridgehead atoms. The molecule has 7 heteroatoms. The van der Waals surface area contributed by atoms with Crippen LogP contribution in [0.4, 0.5) is 11.4 Å². The normalized spacial score (nSPS) is 10.4. The van der Waals surface area contributed by atoms with Gasteiger partial charge in [0, 0.05) is 23.4 Å². The molecule has 0 heterocycles. The van der Waals surface area contributed by atoms with Gasteiger partial charge in [0.05, 0.1) is 23.6 Å². The van der Waals surface area contributed by atoms with Gasteiger partial charge >= 0.3 is 5.97 Å². The van der Waals surface area contributed by atoms with E-state index in [4.69, 9.17) is 4.74 Å². The molecule has 0 spiro atoms. The predicted molar refractivity (Wildman–Crippen MR) is 97.5 cm³/mol. The van der Waals surface area contributed by atoms with E-state index in [2.05, 4.69) is 5.32 Å². The Labute approximate surface area is 151 Å².